The minimum absolute atomic E-state index is 0.275. The first-order chi connectivity index (χ1) is 4.85. The number of ether oxygens (including phenoxy) is 1. The molecule has 2 nitrogen and oxygen atoms in total. The molecule has 0 aliphatic rings. The summed E-state index contributed by atoms with van der Waals surface area (Å²) in [7, 11) is 0. The molecule has 0 rings (SSSR count). The lowest BCUT2D eigenvalue weighted by molar-refractivity contribution is 0.179. The zero-order valence-electron chi connectivity index (χ0n) is 6.89. The van der Waals surface area contributed by atoms with Crippen LogP contribution in [0.5, 0.6) is 0 Å². The van der Waals surface area contributed by atoms with Crippen molar-refractivity contribution in [2.75, 3.05) is 0 Å². The summed E-state index contributed by atoms with van der Waals surface area (Å²) >= 11 is 0. The summed E-state index contributed by atoms with van der Waals surface area (Å²) in [6, 6.07) is 0. The Hall–Kier alpha value is -0.530. The maximum absolute atomic E-state index is 6.72. The van der Waals surface area contributed by atoms with E-state index < -0.39 is 0 Å². The molecule has 10 heavy (non-hydrogen) atoms. The van der Waals surface area contributed by atoms with Crippen molar-refractivity contribution in [2.24, 2.45) is 0 Å². The van der Waals surface area contributed by atoms with Crippen LogP contribution in [0.4, 0.5) is 0 Å². The van der Waals surface area contributed by atoms with Crippen molar-refractivity contribution in [1.29, 1.82) is 5.41 Å². The summed E-state index contributed by atoms with van der Waals surface area (Å²) < 4.78 is 5.03. The topological polar surface area (TPSA) is 33.1 Å². The largest absolute Gasteiger partial charge is 0.481 e. The van der Waals surface area contributed by atoms with Gasteiger partial charge < -0.3 is 4.74 Å². The second kappa shape index (κ2) is 6.59. The third-order valence-electron chi connectivity index (χ3n) is 1.60. The van der Waals surface area contributed by atoms with Crippen LogP contribution < -0.4 is 0 Å². The summed E-state index contributed by atoms with van der Waals surface area (Å²) in [5.41, 5.74) is 0. The van der Waals surface area contributed by atoms with Gasteiger partial charge >= 0.3 is 0 Å². The van der Waals surface area contributed by atoms with Gasteiger partial charge in [0.1, 0.15) is 0 Å². The summed E-state index contributed by atoms with van der Waals surface area (Å²) in [5.74, 6) is 0. The summed E-state index contributed by atoms with van der Waals surface area (Å²) in [5, 5.41) is 6.72. The Morgan fingerprint density at radius 3 is 2.60 bits per heavy atom. The fourth-order valence-corrected chi connectivity index (χ4v) is 0.896. The first-order valence-corrected chi connectivity index (χ1v) is 3.99. The quantitative estimate of drug-likeness (QED) is 0.450. The molecule has 1 unspecified atom stereocenters. The van der Waals surface area contributed by atoms with Crippen LogP contribution in [0.2, 0.25) is 0 Å². The van der Waals surface area contributed by atoms with Gasteiger partial charge in [0, 0.05) is 0 Å². The Kier molecular flexibility index (Phi) is 6.24. The zero-order valence-corrected chi connectivity index (χ0v) is 6.89. The van der Waals surface area contributed by atoms with Crippen LogP contribution in [0.3, 0.4) is 0 Å². The van der Waals surface area contributed by atoms with Crippen molar-refractivity contribution in [3.05, 3.63) is 0 Å². The molecular weight excluding hydrogens is 126 g/mol. The van der Waals surface area contributed by atoms with E-state index in [4.69, 9.17) is 10.1 Å². The van der Waals surface area contributed by atoms with E-state index in [-0.39, 0.29) is 6.10 Å². The highest BCUT2D eigenvalue weighted by atomic mass is 16.5. The van der Waals surface area contributed by atoms with Crippen LogP contribution in [0, 0.1) is 5.41 Å². The van der Waals surface area contributed by atoms with Crippen molar-refractivity contribution >= 4 is 6.40 Å². The Morgan fingerprint density at radius 2 is 2.20 bits per heavy atom. The lowest BCUT2D eigenvalue weighted by atomic mass is 10.1. The third kappa shape index (κ3) is 4.36. The van der Waals surface area contributed by atoms with Gasteiger partial charge in [-0.3, -0.25) is 5.41 Å². The standard InChI is InChI=1S/C8H17NO/c1-3-5-6-8(4-2)10-7-9/h7-9H,3-6H2,1-2H3. The van der Waals surface area contributed by atoms with E-state index in [9.17, 15) is 0 Å². The zero-order chi connectivity index (χ0) is 7.82. The van der Waals surface area contributed by atoms with E-state index in [0.29, 0.717) is 0 Å². The van der Waals surface area contributed by atoms with Crippen molar-refractivity contribution < 1.29 is 4.74 Å². The number of hydrogen-bond donors (Lipinski definition) is 1. The molecule has 0 saturated heterocycles. The molecular formula is C8H17NO. The molecule has 0 aromatic carbocycles. The van der Waals surface area contributed by atoms with Crippen LogP contribution in [0.15, 0.2) is 0 Å². The normalized spacial score (nSPS) is 12.6. The molecule has 0 heterocycles. The molecule has 0 aliphatic carbocycles. The molecule has 0 amide bonds. The predicted molar refractivity (Wildman–Crippen MR) is 43.5 cm³/mol. The molecule has 1 atom stereocenters. The van der Waals surface area contributed by atoms with Crippen molar-refractivity contribution in [3.8, 4) is 0 Å². The predicted octanol–water partition coefficient (Wildman–Crippen LogP) is 2.58. The van der Waals surface area contributed by atoms with E-state index in [2.05, 4.69) is 13.8 Å². The van der Waals surface area contributed by atoms with Gasteiger partial charge in [-0.2, -0.15) is 0 Å². The Balaban J connectivity index is 3.29. The van der Waals surface area contributed by atoms with E-state index >= 15 is 0 Å². The first-order valence-electron chi connectivity index (χ1n) is 3.99. The van der Waals surface area contributed by atoms with Crippen LogP contribution in [-0.4, -0.2) is 12.5 Å². The number of nitrogens with one attached hydrogen (secondary N) is 1. The second-order valence-electron chi connectivity index (χ2n) is 2.43. The third-order valence-corrected chi connectivity index (χ3v) is 1.60. The Labute approximate surface area is 63.1 Å². The van der Waals surface area contributed by atoms with Gasteiger partial charge in [-0.05, 0) is 12.8 Å². The Bertz CT molecular complexity index is 83.3. The van der Waals surface area contributed by atoms with E-state index in [1.54, 1.807) is 0 Å². The summed E-state index contributed by atoms with van der Waals surface area (Å²) in [6.07, 6.45) is 5.82. The van der Waals surface area contributed by atoms with Crippen molar-refractivity contribution in [1.82, 2.24) is 0 Å². The molecule has 60 valence electrons. The van der Waals surface area contributed by atoms with Gasteiger partial charge in [0.25, 0.3) is 0 Å². The van der Waals surface area contributed by atoms with Gasteiger partial charge in [-0.25, -0.2) is 0 Å². The van der Waals surface area contributed by atoms with Gasteiger partial charge in [-0.1, -0.05) is 26.7 Å². The molecule has 0 fully saturated rings. The molecule has 0 saturated carbocycles. The maximum atomic E-state index is 6.72. The monoisotopic (exact) mass is 143 g/mol. The van der Waals surface area contributed by atoms with Crippen LogP contribution >= 0.6 is 0 Å². The fraction of sp³-hybridized carbons (Fsp3) is 0.875. The van der Waals surface area contributed by atoms with Crippen molar-refractivity contribution in [2.45, 2.75) is 45.6 Å². The highest BCUT2D eigenvalue weighted by molar-refractivity contribution is 5.41. The minimum atomic E-state index is 0.275. The average molecular weight is 143 g/mol. The smallest absolute Gasteiger partial charge is 0.167 e. The average Bonchev–Trinajstić information content (AvgIpc) is 1.98. The molecule has 0 aromatic rings. The molecule has 0 aromatic heterocycles. The van der Waals surface area contributed by atoms with Crippen molar-refractivity contribution in [3.63, 3.8) is 0 Å². The van der Waals surface area contributed by atoms with Crippen LogP contribution in [0.25, 0.3) is 0 Å². The number of rotatable bonds is 6. The van der Waals surface area contributed by atoms with Gasteiger partial charge in [0.15, 0.2) is 6.40 Å². The second-order valence-corrected chi connectivity index (χ2v) is 2.43. The molecule has 0 aliphatic heterocycles. The summed E-state index contributed by atoms with van der Waals surface area (Å²) in [6.45, 7) is 4.25. The molecule has 1 N–H and O–H groups in total. The molecule has 2 heteroatoms. The van der Waals surface area contributed by atoms with Crippen LogP contribution in [0.1, 0.15) is 39.5 Å². The lowest BCUT2D eigenvalue weighted by Crippen LogP contribution is -2.09. The number of unbranched alkanes of at least 4 members (excludes halogenated alkanes) is 1. The van der Waals surface area contributed by atoms with E-state index in [1.165, 1.54) is 12.8 Å². The lowest BCUT2D eigenvalue weighted by Gasteiger charge is -2.11. The molecule has 0 bridgehead atoms. The molecule has 0 spiro atoms. The highest BCUT2D eigenvalue weighted by Gasteiger charge is 2.02. The van der Waals surface area contributed by atoms with E-state index in [1.807, 2.05) is 0 Å². The van der Waals surface area contributed by atoms with Gasteiger partial charge in [-0.15, -0.1) is 0 Å². The van der Waals surface area contributed by atoms with Crippen LogP contribution in [-0.2, 0) is 4.74 Å². The van der Waals surface area contributed by atoms with Gasteiger partial charge in [0.05, 0.1) is 6.10 Å². The SMILES string of the molecule is CCCCC(CC)OC=N. The number of hydrogen-bond acceptors (Lipinski definition) is 2. The summed E-state index contributed by atoms with van der Waals surface area (Å²) in [4.78, 5) is 0. The Morgan fingerprint density at radius 1 is 1.50 bits per heavy atom. The molecule has 0 radical (unpaired) electrons. The van der Waals surface area contributed by atoms with Gasteiger partial charge in [0.2, 0.25) is 0 Å². The first kappa shape index (κ1) is 9.47. The van der Waals surface area contributed by atoms with E-state index in [0.717, 1.165) is 19.2 Å². The minimum Gasteiger partial charge on any atom is -0.481 e. The maximum Gasteiger partial charge on any atom is 0.167 e. The highest BCUT2D eigenvalue weighted by Crippen LogP contribution is 2.06. The fourth-order valence-electron chi connectivity index (χ4n) is 0.896.